The summed E-state index contributed by atoms with van der Waals surface area (Å²) in [6.07, 6.45) is 5.65. The van der Waals surface area contributed by atoms with Crippen LogP contribution in [-0.2, 0) is 33.8 Å². The summed E-state index contributed by atoms with van der Waals surface area (Å²) < 4.78 is 26.6. The van der Waals surface area contributed by atoms with Gasteiger partial charge in [-0.25, -0.2) is 0 Å². The van der Waals surface area contributed by atoms with Crippen LogP contribution in [-0.4, -0.2) is 53.4 Å². The van der Waals surface area contributed by atoms with E-state index in [1.165, 1.54) is 0 Å². The Morgan fingerprint density at radius 2 is 1.53 bits per heavy atom. The van der Waals surface area contributed by atoms with Gasteiger partial charge in [0.1, 0.15) is 11.9 Å². The van der Waals surface area contributed by atoms with Gasteiger partial charge in [0.15, 0.2) is 0 Å². The molecule has 0 spiro atoms. The molecule has 0 radical (unpaired) electrons. The average molecular weight is 659 g/mol. The van der Waals surface area contributed by atoms with Crippen LogP contribution in [0.1, 0.15) is 56.2 Å². The molecule has 0 aromatic heterocycles. The van der Waals surface area contributed by atoms with E-state index in [9.17, 15) is 10.2 Å². The fourth-order valence-corrected chi connectivity index (χ4v) is 7.81. The third kappa shape index (κ3) is 7.69. The van der Waals surface area contributed by atoms with E-state index >= 15 is 0 Å². The Morgan fingerprint density at radius 3 is 2.11 bits per heavy atom. The van der Waals surface area contributed by atoms with E-state index < -0.39 is 23.2 Å². The van der Waals surface area contributed by atoms with Gasteiger partial charge in [-0.1, -0.05) is 97.4 Å². The Kier molecular flexibility index (Phi) is 10.9. The molecule has 3 aromatic rings. The van der Waals surface area contributed by atoms with Crippen molar-refractivity contribution in [3.05, 3.63) is 124 Å². The molecule has 1 saturated carbocycles. The predicted molar refractivity (Wildman–Crippen MR) is 184 cm³/mol. The summed E-state index contributed by atoms with van der Waals surface area (Å²) in [4.78, 5) is 0. The lowest BCUT2D eigenvalue weighted by molar-refractivity contribution is -0.327. The van der Waals surface area contributed by atoms with Gasteiger partial charge in [-0.15, -0.1) is 0 Å². The van der Waals surface area contributed by atoms with E-state index in [-0.39, 0.29) is 24.7 Å². The summed E-state index contributed by atoms with van der Waals surface area (Å²) in [5.41, 5.74) is 3.36. The fraction of sp³-hybridized carbons (Fsp3) is 0.450. The Balaban J connectivity index is 1.33. The number of benzene rings is 3. The first-order chi connectivity index (χ1) is 22.8. The molecular weight excluding hydrogens is 612 g/mol. The normalized spacial score (nSPS) is 29.2. The SMILES string of the molecule is CCOc1ccc(CC2=C(Cl)C=CC(C)(C3OC4(CC(O)CO)CCC4C(OCc4ccccc4)C3OCc3ccccc3)C2)cc1. The predicted octanol–water partition coefficient (Wildman–Crippen LogP) is 7.55. The van der Waals surface area contributed by atoms with Crippen LogP contribution in [0.4, 0.5) is 0 Å². The van der Waals surface area contributed by atoms with Crippen molar-refractivity contribution in [2.75, 3.05) is 13.2 Å². The molecule has 1 aliphatic heterocycles. The van der Waals surface area contributed by atoms with Crippen molar-refractivity contribution >= 4 is 11.6 Å². The first-order valence-electron chi connectivity index (χ1n) is 16.9. The van der Waals surface area contributed by atoms with E-state index in [1.54, 1.807) is 0 Å². The maximum atomic E-state index is 10.7. The quantitative estimate of drug-likeness (QED) is 0.186. The van der Waals surface area contributed by atoms with Crippen molar-refractivity contribution in [2.24, 2.45) is 11.3 Å². The Morgan fingerprint density at radius 1 is 0.894 bits per heavy atom. The first kappa shape index (κ1) is 33.9. The van der Waals surface area contributed by atoms with Crippen LogP contribution < -0.4 is 4.74 Å². The highest BCUT2D eigenvalue weighted by Crippen LogP contribution is 2.57. The van der Waals surface area contributed by atoms with E-state index in [4.69, 9.17) is 30.5 Å². The highest BCUT2D eigenvalue weighted by Gasteiger charge is 2.63. The molecule has 6 nitrogen and oxygen atoms in total. The molecule has 7 unspecified atom stereocenters. The Labute approximate surface area is 284 Å². The van der Waals surface area contributed by atoms with Gasteiger partial charge in [-0.3, -0.25) is 0 Å². The average Bonchev–Trinajstić information content (AvgIpc) is 3.08. The molecule has 2 fully saturated rings. The molecule has 6 rings (SSSR count). The van der Waals surface area contributed by atoms with E-state index in [2.05, 4.69) is 49.4 Å². The van der Waals surface area contributed by atoms with Crippen LogP contribution in [0.5, 0.6) is 5.75 Å². The molecule has 3 aromatic carbocycles. The van der Waals surface area contributed by atoms with Gasteiger partial charge in [-0.2, -0.15) is 0 Å². The minimum absolute atomic E-state index is 0.0167. The maximum Gasteiger partial charge on any atom is 0.119 e. The standard InChI is InChI=1S/C40H47ClO6/c1-3-44-33-16-14-28(15-17-33)22-31-23-39(2,20-19-35(31)41)38-37(46-27-30-12-8-5-9-13-30)36(45-26-29-10-6-4-7-11-29)34-18-21-40(34,47-38)24-32(43)25-42/h4-17,19-20,32,34,36-38,42-43H,3,18,21-27H2,1-2H3. The van der Waals surface area contributed by atoms with Crippen LogP contribution >= 0.6 is 11.6 Å². The number of allylic oxidation sites excluding steroid dienone is 3. The number of halogens is 1. The first-order valence-corrected chi connectivity index (χ1v) is 17.3. The molecule has 0 bridgehead atoms. The van der Waals surface area contributed by atoms with Crippen LogP contribution in [0.15, 0.2) is 108 Å². The molecule has 250 valence electrons. The second-order valence-corrected chi connectivity index (χ2v) is 13.9. The number of aliphatic hydroxyl groups excluding tert-OH is 2. The van der Waals surface area contributed by atoms with Crippen LogP contribution in [0.3, 0.4) is 0 Å². The van der Waals surface area contributed by atoms with Gasteiger partial charge in [0.25, 0.3) is 0 Å². The fourth-order valence-electron chi connectivity index (χ4n) is 7.61. The van der Waals surface area contributed by atoms with Gasteiger partial charge in [0, 0.05) is 22.8 Å². The van der Waals surface area contributed by atoms with Crippen molar-refractivity contribution in [3.63, 3.8) is 0 Å². The third-order valence-electron chi connectivity index (χ3n) is 10.1. The van der Waals surface area contributed by atoms with Gasteiger partial charge < -0.3 is 29.2 Å². The Hall–Kier alpha value is -2.97. The number of hydrogen-bond donors (Lipinski definition) is 2. The zero-order valence-electron chi connectivity index (χ0n) is 27.4. The largest absolute Gasteiger partial charge is 0.494 e. The summed E-state index contributed by atoms with van der Waals surface area (Å²) in [5, 5.41) is 21.4. The lowest BCUT2D eigenvalue weighted by Crippen LogP contribution is -2.70. The second kappa shape index (κ2) is 15.1. The van der Waals surface area contributed by atoms with Crippen molar-refractivity contribution in [1.82, 2.24) is 0 Å². The van der Waals surface area contributed by atoms with Crippen LogP contribution in [0.25, 0.3) is 0 Å². The molecule has 0 amide bonds. The summed E-state index contributed by atoms with van der Waals surface area (Å²) in [5.74, 6) is 0.869. The molecule has 7 atom stereocenters. The number of ether oxygens (including phenoxy) is 4. The van der Waals surface area contributed by atoms with Gasteiger partial charge in [0.05, 0.1) is 50.3 Å². The zero-order valence-corrected chi connectivity index (χ0v) is 28.1. The molecule has 3 aliphatic rings. The smallest absolute Gasteiger partial charge is 0.119 e. The minimum Gasteiger partial charge on any atom is -0.494 e. The van der Waals surface area contributed by atoms with Gasteiger partial charge in [-0.05, 0) is 73.1 Å². The molecule has 7 heteroatoms. The van der Waals surface area contributed by atoms with Crippen molar-refractivity contribution in [1.29, 1.82) is 0 Å². The van der Waals surface area contributed by atoms with Crippen LogP contribution in [0, 0.1) is 11.3 Å². The summed E-state index contributed by atoms with van der Waals surface area (Å²) in [7, 11) is 0. The number of hydrogen-bond acceptors (Lipinski definition) is 6. The summed E-state index contributed by atoms with van der Waals surface area (Å²) in [6, 6.07) is 28.6. The highest BCUT2D eigenvalue weighted by atomic mass is 35.5. The monoisotopic (exact) mass is 658 g/mol. The topological polar surface area (TPSA) is 77.4 Å². The molecule has 47 heavy (non-hydrogen) atoms. The van der Waals surface area contributed by atoms with Crippen molar-refractivity contribution in [2.45, 2.75) is 89.2 Å². The number of aliphatic hydroxyl groups is 2. The van der Waals surface area contributed by atoms with Crippen LogP contribution in [0.2, 0.25) is 0 Å². The second-order valence-electron chi connectivity index (χ2n) is 13.5. The summed E-state index contributed by atoms with van der Waals surface area (Å²) in [6.45, 7) is 5.38. The lowest BCUT2D eigenvalue weighted by atomic mass is 9.58. The lowest BCUT2D eigenvalue weighted by Gasteiger charge is -2.62. The number of rotatable bonds is 14. The molecule has 1 saturated heterocycles. The molecule has 1 heterocycles. The van der Waals surface area contributed by atoms with E-state index in [0.717, 1.165) is 45.9 Å². The summed E-state index contributed by atoms with van der Waals surface area (Å²) >= 11 is 6.89. The molecule has 2 aliphatic carbocycles. The maximum absolute atomic E-state index is 10.7. The third-order valence-corrected chi connectivity index (χ3v) is 10.5. The molecule has 2 N–H and O–H groups in total. The van der Waals surface area contributed by atoms with E-state index in [1.807, 2.05) is 61.5 Å². The van der Waals surface area contributed by atoms with Gasteiger partial charge >= 0.3 is 0 Å². The minimum atomic E-state index is -0.880. The highest BCUT2D eigenvalue weighted by molar-refractivity contribution is 6.31. The zero-order chi connectivity index (χ0) is 32.9. The molecular formula is C40H47ClO6. The number of fused-ring (bicyclic) bond motifs is 1. The van der Waals surface area contributed by atoms with E-state index in [0.29, 0.717) is 39.1 Å². The van der Waals surface area contributed by atoms with Crippen molar-refractivity contribution < 1.29 is 29.2 Å². The van der Waals surface area contributed by atoms with Gasteiger partial charge in [0.2, 0.25) is 0 Å². The van der Waals surface area contributed by atoms with Crippen molar-refractivity contribution in [3.8, 4) is 5.75 Å². The Bertz CT molecular complexity index is 1510.